The molecular formula is C29H48N2O5Si. The highest BCUT2D eigenvalue weighted by Gasteiger charge is 2.68. The highest BCUT2D eigenvalue weighted by atomic mass is 28.4. The van der Waals surface area contributed by atoms with E-state index in [2.05, 4.69) is 56.8 Å². The van der Waals surface area contributed by atoms with E-state index in [0.717, 1.165) is 56.4 Å². The number of oxime groups is 2. The highest BCUT2D eigenvalue weighted by Crippen LogP contribution is 2.69. The SMILES string of the molecule is CO/N=C1\C=C2C(C)C[C@@H]3[C@H](CC[C@@]4(C)[C@H]3CC[C@]4(OC(C)=O)/C(CO[Si](C)(C)C)=N\OC)[C@@]2(C)CC1. The van der Waals surface area contributed by atoms with E-state index in [9.17, 15) is 4.79 Å². The molecule has 3 fully saturated rings. The first kappa shape index (κ1) is 28.3. The molecule has 0 bridgehead atoms. The van der Waals surface area contributed by atoms with Crippen molar-refractivity contribution >= 4 is 25.7 Å². The first-order valence-corrected chi connectivity index (χ1v) is 17.5. The third-order valence-electron chi connectivity index (χ3n) is 10.2. The van der Waals surface area contributed by atoms with Crippen molar-refractivity contribution in [1.82, 2.24) is 0 Å². The van der Waals surface area contributed by atoms with Crippen molar-refractivity contribution in [1.29, 1.82) is 0 Å². The molecule has 0 aliphatic heterocycles. The molecule has 3 saturated carbocycles. The van der Waals surface area contributed by atoms with Gasteiger partial charge < -0.3 is 18.8 Å². The Morgan fingerprint density at radius 2 is 1.78 bits per heavy atom. The van der Waals surface area contributed by atoms with Crippen molar-refractivity contribution in [3.8, 4) is 0 Å². The van der Waals surface area contributed by atoms with Crippen molar-refractivity contribution in [3.05, 3.63) is 11.6 Å². The summed E-state index contributed by atoms with van der Waals surface area (Å²) in [5, 5.41) is 8.78. The number of carbonyl (C=O) groups is 1. The third-order valence-corrected chi connectivity index (χ3v) is 11.3. The molecule has 0 aromatic carbocycles. The maximum atomic E-state index is 12.6. The summed E-state index contributed by atoms with van der Waals surface area (Å²) in [6.07, 6.45) is 9.48. The van der Waals surface area contributed by atoms with E-state index < -0.39 is 13.9 Å². The van der Waals surface area contributed by atoms with Gasteiger partial charge in [0.05, 0.1) is 12.3 Å². The molecule has 0 saturated heterocycles. The number of esters is 1. The minimum atomic E-state index is -1.82. The summed E-state index contributed by atoms with van der Waals surface area (Å²) >= 11 is 0. The topological polar surface area (TPSA) is 78.7 Å². The van der Waals surface area contributed by atoms with Crippen LogP contribution < -0.4 is 0 Å². The number of hydrogen-bond donors (Lipinski definition) is 0. The summed E-state index contributed by atoms with van der Waals surface area (Å²) in [4.78, 5) is 23.1. The van der Waals surface area contributed by atoms with Crippen LogP contribution in [0.3, 0.4) is 0 Å². The van der Waals surface area contributed by atoms with E-state index in [1.807, 2.05) is 0 Å². The lowest BCUT2D eigenvalue weighted by atomic mass is 9.44. The monoisotopic (exact) mass is 532 g/mol. The van der Waals surface area contributed by atoms with Crippen molar-refractivity contribution < 1.29 is 23.6 Å². The number of hydrogen-bond acceptors (Lipinski definition) is 7. The largest absolute Gasteiger partial charge is 0.452 e. The van der Waals surface area contributed by atoms with Crippen molar-refractivity contribution in [2.45, 2.75) is 97.9 Å². The first-order valence-electron chi connectivity index (χ1n) is 14.1. The van der Waals surface area contributed by atoms with Crippen LogP contribution in [0.25, 0.3) is 0 Å². The summed E-state index contributed by atoms with van der Waals surface area (Å²) in [6, 6.07) is 0. The number of rotatable bonds is 7. The molecule has 37 heavy (non-hydrogen) atoms. The van der Waals surface area contributed by atoms with Crippen LogP contribution in [0.4, 0.5) is 0 Å². The second kappa shape index (κ2) is 10.1. The molecule has 1 unspecified atom stereocenters. The molecule has 0 heterocycles. The predicted octanol–water partition coefficient (Wildman–Crippen LogP) is 6.35. The molecule has 208 valence electrons. The van der Waals surface area contributed by atoms with E-state index in [0.29, 0.717) is 30.3 Å². The fourth-order valence-electron chi connectivity index (χ4n) is 8.74. The predicted molar refractivity (Wildman–Crippen MR) is 149 cm³/mol. The standard InChI is InChI=1S/C29H48N2O5Si/c1-19-16-22-23(27(3)13-10-21(30-33-5)17-25(19)27)11-14-28(4)24(22)12-15-29(28,36-20(2)32)26(31-34-6)18-35-37(7,8)9/h17,19,22-24H,10-16,18H2,1-9H3/b30-21-,31-26-/t19?,22-,23+,24+,27-,28+,29+/m1/s1. The Morgan fingerprint density at radius 1 is 1.08 bits per heavy atom. The fraction of sp³-hybridized carbons (Fsp3) is 0.828. The molecular weight excluding hydrogens is 484 g/mol. The summed E-state index contributed by atoms with van der Waals surface area (Å²) in [6.45, 7) is 15.6. The summed E-state index contributed by atoms with van der Waals surface area (Å²) < 4.78 is 12.7. The Balaban J connectivity index is 1.72. The van der Waals surface area contributed by atoms with Crippen LogP contribution in [0, 0.1) is 34.5 Å². The summed E-state index contributed by atoms with van der Waals surface area (Å²) in [5.74, 6) is 1.88. The maximum absolute atomic E-state index is 12.6. The summed E-state index contributed by atoms with van der Waals surface area (Å²) in [5.41, 5.74) is 2.52. The fourth-order valence-corrected chi connectivity index (χ4v) is 9.31. The lowest BCUT2D eigenvalue weighted by Crippen LogP contribution is -2.60. The van der Waals surface area contributed by atoms with Gasteiger partial charge in [0.25, 0.3) is 0 Å². The van der Waals surface area contributed by atoms with Crippen LogP contribution in [0.15, 0.2) is 22.0 Å². The van der Waals surface area contributed by atoms with Gasteiger partial charge in [-0.25, -0.2) is 0 Å². The average molecular weight is 533 g/mol. The smallest absolute Gasteiger partial charge is 0.303 e. The molecule has 7 atom stereocenters. The molecule has 0 aromatic rings. The van der Waals surface area contributed by atoms with Crippen LogP contribution in [-0.2, 0) is 23.6 Å². The van der Waals surface area contributed by atoms with Crippen molar-refractivity contribution in [2.24, 2.45) is 44.8 Å². The van der Waals surface area contributed by atoms with Crippen molar-refractivity contribution in [3.63, 3.8) is 0 Å². The lowest BCUT2D eigenvalue weighted by molar-refractivity contribution is -0.168. The van der Waals surface area contributed by atoms with Crippen LogP contribution in [0.5, 0.6) is 0 Å². The third kappa shape index (κ3) is 4.81. The molecule has 8 heteroatoms. The normalized spacial score (nSPS) is 40.8. The highest BCUT2D eigenvalue weighted by molar-refractivity contribution is 6.69. The molecule has 4 rings (SSSR count). The van der Waals surface area contributed by atoms with Crippen LogP contribution in [-0.4, -0.2) is 52.1 Å². The van der Waals surface area contributed by atoms with Gasteiger partial charge in [-0.15, -0.1) is 0 Å². The quantitative estimate of drug-likeness (QED) is 0.165. The maximum Gasteiger partial charge on any atom is 0.303 e. The van der Waals surface area contributed by atoms with Gasteiger partial charge in [-0.1, -0.05) is 36.7 Å². The van der Waals surface area contributed by atoms with Crippen LogP contribution in [0.2, 0.25) is 19.6 Å². The van der Waals surface area contributed by atoms with Gasteiger partial charge in [0.2, 0.25) is 0 Å². The number of allylic oxidation sites excluding steroid dienone is 2. The molecule has 0 spiro atoms. The van der Waals surface area contributed by atoms with Gasteiger partial charge in [-0.2, -0.15) is 0 Å². The number of nitrogens with zero attached hydrogens (tertiary/aromatic N) is 2. The van der Waals surface area contributed by atoms with Gasteiger partial charge in [-0.3, -0.25) is 4.79 Å². The summed E-state index contributed by atoms with van der Waals surface area (Å²) in [7, 11) is 1.38. The Hall–Kier alpha value is -1.67. The zero-order valence-corrected chi connectivity index (χ0v) is 25.5. The number of fused-ring (bicyclic) bond motifs is 5. The Kier molecular flexibility index (Phi) is 7.76. The molecule has 7 nitrogen and oxygen atoms in total. The van der Waals surface area contributed by atoms with E-state index in [1.165, 1.54) is 6.92 Å². The minimum Gasteiger partial charge on any atom is -0.452 e. The second-order valence-electron chi connectivity index (χ2n) is 13.3. The molecule has 0 aromatic heterocycles. The molecule has 0 amide bonds. The molecule has 4 aliphatic rings. The second-order valence-corrected chi connectivity index (χ2v) is 17.8. The number of ether oxygens (including phenoxy) is 1. The average Bonchev–Trinajstić information content (AvgIpc) is 3.09. The van der Waals surface area contributed by atoms with E-state index in [4.69, 9.17) is 18.8 Å². The zero-order chi connectivity index (χ0) is 27.2. The van der Waals surface area contributed by atoms with Crippen molar-refractivity contribution in [2.75, 3.05) is 20.8 Å². The lowest BCUT2D eigenvalue weighted by Gasteiger charge is -2.60. The van der Waals surface area contributed by atoms with Crippen LogP contribution in [0.1, 0.15) is 72.6 Å². The molecule has 0 N–H and O–H groups in total. The van der Waals surface area contributed by atoms with Crippen LogP contribution >= 0.6 is 0 Å². The number of carbonyl (C=O) groups excluding carboxylic acids is 1. The van der Waals surface area contributed by atoms with E-state index >= 15 is 0 Å². The van der Waals surface area contributed by atoms with E-state index in [-0.39, 0.29) is 16.8 Å². The van der Waals surface area contributed by atoms with Gasteiger partial charge in [0.1, 0.15) is 19.9 Å². The minimum absolute atomic E-state index is 0.174. The first-order chi connectivity index (χ1) is 17.3. The molecule has 0 radical (unpaired) electrons. The molecule has 4 aliphatic carbocycles. The van der Waals surface area contributed by atoms with Gasteiger partial charge in [0.15, 0.2) is 13.9 Å². The zero-order valence-electron chi connectivity index (χ0n) is 24.5. The Bertz CT molecular complexity index is 987. The van der Waals surface area contributed by atoms with Gasteiger partial charge >= 0.3 is 5.97 Å². The van der Waals surface area contributed by atoms with Gasteiger partial charge in [0, 0.05) is 12.3 Å². The van der Waals surface area contributed by atoms with Gasteiger partial charge in [-0.05, 0) is 99.7 Å². The Morgan fingerprint density at radius 3 is 2.41 bits per heavy atom. The Labute approximate surface area is 224 Å². The van der Waals surface area contributed by atoms with E-state index in [1.54, 1.807) is 19.8 Å².